The van der Waals surface area contributed by atoms with Crippen molar-refractivity contribution in [1.29, 1.82) is 0 Å². The summed E-state index contributed by atoms with van der Waals surface area (Å²) in [6.45, 7) is -1.59. The molecule has 0 aliphatic rings. The van der Waals surface area contributed by atoms with Crippen LogP contribution in [0.2, 0.25) is 0 Å². The minimum atomic E-state index is -2.86. The zero-order chi connectivity index (χ0) is 13.5. The Labute approximate surface area is 117 Å². The summed E-state index contributed by atoms with van der Waals surface area (Å²) in [6.07, 6.45) is 0. The Morgan fingerprint density at radius 2 is 1.95 bits per heavy atom. The van der Waals surface area contributed by atoms with E-state index in [1.54, 1.807) is 19.0 Å². The molecule has 0 unspecified atom stereocenters. The second-order valence-corrected chi connectivity index (χ2v) is 3.73. The fraction of sp³-hybridized carbons (Fsp3) is 0.417. The van der Waals surface area contributed by atoms with Crippen molar-refractivity contribution in [3.05, 3.63) is 29.8 Å². The van der Waals surface area contributed by atoms with Crippen molar-refractivity contribution >= 4 is 18.3 Å². The molecular formula is C12H17ClF2N2O2. The molecule has 0 saturated heterocycles. The molecule has 0 saturated carbocycles. The third-order valence-corrected chi connectivity index (χ3v) is 2.37. The van der Waals surface area contributed by atoms with Gasteiger partial charge in [0.2, 0.25) is 0 Å². The Hall–Kier alpha value is -1.40. The number of rotatable bonds is 6. The van der Waals surface area contributed by atoms with Crippen molar-refractivity contribution in [2.24, 2.45) is 0 Å². The Morgan fingerprint density at radius 3 is 2.42 bits per heavy atom. The lowest BCUT2D eigenvalue weighted by atomic mass is 10.2. The van der Waals surface area contributed by atoms with E-state index in [0.29, 0.717) is 18.7 Å². The first-order valence-corrected chi connectivity index (χ1v) is 5.49. The first kappa shape index (κ1) is 17.6. The molecule has 0 radical (unpaired) electrons. The van der Waals surface area contributed by atoms with E-state index < -0.39 is 6.61 Å². The number of carbonyl (C=O) groups is 1. The van der Waals surface area contributed by atoms with Crippen LogP contribution in [0.25, 0.3) is 0 Å². The number of ether oxygens (including phenoxy) is 1. The van der Waals surface area contributed by atoms with Crippen LogP contribution >= 0.6 is 12.4 Å². The molecule has 0 spiro atoms. The van der Waals surface area contributed by atoms with E-state index >= 15 is 0 Å². The van der Waals surface area contributed by atoms with Crippen LogP contribution in [-0.2, 0) is 0 Å². The number of halogens is 3. The van der Waals surface area contributed by atoms with Gasteiger partial charge in [-0.25, -0.2) is 0 Å². The average molecular weight is 295 g/mol. The summed E-state index contributed by atoms with van der Waals surface area (Å²) in [5.41, 5.74) is 0.440. The van der Waals surface area contributed by atoms with Crippen molar-refractivity contribution < 1.29 is 18.3 Å². The second-order valence-electron chi connectivity index (χ2n) is 3.73. The Balaban J connectivity index is 0.00000324. The normalized spacial score (nSPS) is 9.95. The maximum atomic E-state index is 11.9. The van der Waals surface area contributed by atoms with Gasteiger partial charge in [0.25, 0.3) is 5.91 Å². The standard InChI is InChI=1S/C12H16F2N2O2.ClH/c1-15-7-8-16(2)11(17)9-3-5-10(6-4-9)18-12(13)14;/h3-6,12,15H,7-8H2,1-2H3;1H. The summed E-state index contributed by atoms with van der Waals surface area (Å²) in [7, 11) is 3.48. The fourth-order valence-electron chi connectivity index (χ4n) is 1.38. The maximum Gasteiger partial charge on any atom is 0.387 e. The molecule has 0 aromatic heterocycles. The van der Waals surface area contributed by atoms with Gasteiger partial charge in [0.15, 0.2) is 0 Å². The molecule has 0 atom stereocenters. The SMILES string of the molecule is CNCCN(C)C(=O)c1ccc(OC(F)F)cc1.Cl. The van der Waals surface area contributed by atoms with Crippen molar-refractivity contribution in [2.75, 3.05) is 27.2 Å². The number of hydrogen-bond donors (Lipinski definition) is 1. The molecule has 0 heterocycles. The first-order valence-electron chi connectivity index (χ1n) is 5.49. The Morgan fingerprint density at radius 1 is 1.37 bits per heavy atom. The van der Waals surface area contributed by atoms with Crippen molar-refractivity contribution in [1.82, 2.24) is 10.2 Å². The topological polar surface area (TPSA) is 41.6 Å². The summed E-state index contributed by atoms with van der Waals surface area (Å²) < 4.78 is 28.1. The van der Waals surface area contributed by atoms with Crippen LogP contribution < -0.4 is 10.1 Å². The van der Waals surface area contributed by atoms with Crippen LogP contribution in [0.15, 0.2) is 24.3 Å². The van der Waals surface area contributed by atoms with Crippen molar-refractivity contribution in [3.63, 3.8) is 0 Å². The molecule has 0 aliphatic carbocycles. The second kappa shape index (κ2) is 8.66. The fourth-order valence-corrected chi connectivity index (χ4v) is 1.38. The number of nitrogens with zero attached hydrogens (tertiary/aromatic N) is 1. The molecular weight excluding hydrogens is 278 g/mol. The molecule has 0 fully saturated rings. The molecule has 0 aliphatic heterocycles. The van der Waals surface area contributed by atoms with Crippen LogP contribution in [0.5, 0.6) is 5.75 Å². The van der Waals surface area contributed by atoms with Gasteiger partial charge in [-0.2, -0.15) is 8.78 Å². The maximum absolute atomic E-state index is 11.9. The van der Waals surface area contributed by atoms with Gasteiger partial charge in [0.1, 0.15) is 5.75 Å². The van der Waals surface area contributed by atoms with E-state index in [-0.39, 0.29) is 24.1 Å². The Kier molecular flexibility index (Phi) is 8.02. The van der Waals surface area contributed by atoms with E-state index in [2.05, 4.69) is 10.1 Å². The van der Waals surface area contributed by atoms with Crippen molar-refractivity contribution in [3.8, 4) is 5.75 Å². The molecule has 19 heavy (non-hydrogen) atoms. The summed E-state index contributed by atoms with van der Waals surface area (Å²) in [5, 5.41) is 2.94. The monoisotopic (exact) mass is 294 g/mol. The molecule has 1 aromatic carbocycles. The van der Waals surface area contributed by atoms with Crippen LogP contribution in [0.1, 0.15) is 10.4 Å². The summed E-state index contributed by atoms with van der Waals surface area (Å²) >= 11 is 0. The molecule has 1 aromatic rings. The quantitative estimate of drug-likeness (QED) is 0.872. The van der Waals surface area contributed by atoms with Gasteiger partial charge in [-0.15, -0.1) is 12.4 Å². The first-order chi connectivity index (χ1) is 8.54. The summed E-state index contributed by atoms with van der Waals surface area (Å²) in [6, 6.07) is 5.64. The largest absolute Gasteiger partial charge is 0.435 e. The Bertz CT molecular complexity index is 388. The highest BCUT2D eigenvalue weighted by molar-refractivity contribution is 5.94. The summed E-state index contributed by atoms with van der Waals surface area (Å²) in [5.74, 6) is -0.117. The van der Waals surface area contributed by atoms with Gasteiger partial charge in [0.05, 0.1) is 0 Å². The minimum absolute atomic E-state index is 0. The molecule has 1 amide bonds. The van der Waals surface area contributed by atoms with Gasteiger partial charge in [-0.05, 0) is 31.3 Å². The number of nitrogens with one attached hydrogen (secondary N) is 1. The van der Waals surface area contributed by atoms with E-state index in [4.69, 9.17) is 0 Å². The third kappa shape index (κ3) is 5.85. The lowest BCUT2D eigenvalue weighted by Gasteiger charge is -2.17. The van der Waals surface area contributed by atoms with E-state index in [1.165, 1.54) is 24.3 Å². The number of benzene rings is 1. The third-order valence-electron chi connectivity index (χ3n) is 2.37. The number of alkyl halides is 2. The molecule has 0 bridgehead atoms. The highest BCUT2D eigenvalue weighted by atomic mass is 35.5. The average Bonchev–Trinajstić information content (AvgIpc) is 2.35. The highest BCUT2D eigenvalue weighted by Crippen LogP contribution is 2.15. The summed E-state index contributed by atoms with van der Waals surface area (Å²) in [4.78, 5) is 13.4. The minimum Gasteiger partial charge on any atom is -0.435 e. The number of likely N-dealkylation sites (N-methyl/N-ethyl adjacent to an activating group) is 2. The van der Waals surface area contributed by atoms with Gasteiger partial charge in [0, 0.05) is 25.7 Å². The number of hydrogen-bond acceptors (Lipinski definition) is 3. The smallest absolute Gasteiger partial charge is 0.387 e. The van der Waals surface area contributed by atoms with Crippen molar-refractivity contribution in [2.45, 2.75) is 6.61 Å². The van der Waals surface area contributed by atoms with E-state index in [1.807, 2.05) is 0 Å². The van der Waals surface area contributed by atoms with Crippen LogP contribution in [0.3, 0.4) is 0 Å². The predicted molar refractivity (Wildman–Crippen MR) is 71.2 cm³/mol. The lowest BCUT2D eigenvalue weighted by Crippen LogP contribution is -2.32. The molecule has 4 nitrogen and oxygen atoms in total. The predicted octanol–water partition coefficient (Wildman–Crippen LogP) is 2.00. The van der Waals surface area contributed by atoms with Crippen LogP contribution in [0.4, 0.5) is 8.78 Å². The highest BCUT2D eigenvalue weighted by Gasteiger charge is 2.11. The number of amides is 1. The molecule has 108 valence electrons. The molecule has 1 rings (SSSR count). The van der Waals surface area contributed by atoms with Crippen LogP contribution in [0, 0.1) is 0 Å². The van der Waals surface area contributed by atoms with E-state index in [9.17, 15) is 13.6 Å². The van der Waals surface area contributed by atoms with Gasteiger partial charge in [-0.1, -0.05) is 0 Å². The number of carbonyl (C=O) groups excluding carboxylic acids is 1. The van der Waals surface area contributed by atoms with Gasteiger partial charge >= 0.3 is 6.61 Å². The van der Waals surface area contributed by atoms with E-state index in [0.717, 1.165) is 0 Å². The zero-order valence-electron chi connectivity index (χ0n) is 10.7. The van der Waals surface area contributed by atoms with Gasteiger partial charge in [-0.3, -0.25) is 4.79 Å². The molecule has 1 N–H and O–H groups in total. The molecule has 7 heteroatoms. The van der Waals surface area contributed by atoms with Crippen LogP contribution in [-0.4, -0.2) is 44.6 Å². The van der Waals surface area contributed by atoms with Gasteiger partial charge < -0.3 is 15.0 Å². The zero-order valence-corrected chi connectivity index (χ0v) is 11.5. The lowest BCUT2D eigenvalue weighted by molar-refractivity contribution is -0.0498.